The van der Waals surface area contributed by atoms with Crippen LogP contribution in [0.4, 0.5) is 20.6 Å². The largest absolute Gasteiger partial charge is 0.494 e. The Morgan fingerprint density at radius 1 is 1.14 bits per heavy atom. The minimum Gasteiger partial charge on any atom is -0.494 e. The van der Waals surface area contributed by atoms with E-state index in [0.29, 0.717) is 10.3 Å². The first-order chi connectivity index (χ1) is 17.1. The van der Waals surface area contributed by atoms with Gasteiger partial charge in [-0.2, -0.15) is 5.26 Å². The van der Waals surface area contributed by atoms with E-state index >= 15 is 4.39 Å². The lowest BCUT2D eigenvalue weighted by atomic mass is 10.1. The maximum atomic E-state index is 15.0. The topological polar surface area (TPSA) is 153 Å². The number of nitrogens with one attached hydrogen (secondary N) is 3. The molecule has 2 amide bonds. The zero-order valence-electron chi connectivity index (χ0n) is 18.2. The van der Waals surface area contributed by atoms with Crippen LogP contribution in [-0.2, 0) is 10.0 Å². The maximum Gasteiger partial charge on any atom is 0.333 e. The molecule has 0 radical (unpaired) electrons. The third kappa shape index (κ3) is 4.57. The number of urea groups is 1. The number of hydrogen-bond acceptors (Lipinski definition) is 8. The van der Waals surface area contributed by atoms with Gasteiger partial charge in [0.05, 0.1) is 10.0 Å². The van der Waals surface area contributed by atoms with Gasteiger partial charge in [-0.05, 0) is 48.5 Å². The Balaban J connectivity index is 1.68. The second-order valence-electron chi connectivity index (χ2n) is 7.25. The first kappa shape index (κ1) is 25.0. The zero-order valence-corrected chi connectivity index (χ0v) is 20.6. The highest BCUT2D eigenvalue weighted by atomic mass is 35.5. The monoisotopic (exact) mass is 547 g/mol. The van der Waals surface area contributed by atoms with Crippen LogP contribution in [0.2, 0.25) is 4.34 Å². The highest BCUT2D eigenvalue weighted by Crippen LogP contribution is 2.31. The van der Waals surface area contributed by atoms with E-state index in [-0.39, 0.29) is 36.3 Å². The predicted octanol–water partition coefficient (Wildman–Crippen LogP) is 3.97. The standard InChI is InChI=1S/C22H15ClFN5O5S2/c1-26-11-2-4-13-14(8-11)15(10-25)21(31)29(20(13)30)17-5-3-12(9-16(17)24)27-22(32)28-36(33,34)19-7-6-18(23)35-19/h2-9,26,30H,1H3,(H2,27,28,32). The van der Waals surface area contributed by atoms with Crippen LogP contribution in [0.25, 0.3) is 16.5 Å². The number of anilines is 2. The lowest BCUT2D eigenvalue weighted by molar-refractivity contribution is 0.256. The third-order valence-electron chi connectivity index (χ3n) is 5.05. The third-order valence-corrected chi connectivity index (χ3v) is 8.10. The molecule has 0 spiro atoms. The second-order valence-corrected chi connectivity index (χ2v) is 10.9. The van der Waals surface area contributed by atoms with Gasteiger partial charge in [0.1, 0.15) is 21.7 Å². The number of carbonyl (C=O) groups is 1. The summed E-state index contributed by atoms with van der Waals surface area (Å²) in [6, 6.07) is 10.9. The van der Waals surface area contributed by atoms with Crippen molar-refractivity contribution in [3.05, 3.63) is 74.6 Å². The van der Waals surface area contributed by atoms with E-state index < -0.39 is 33.3 Å². The van der Waals surface area contributed by atoms with Gasteiger partial charge in [-0.25, -0.2) is 26.9 Å². The number of halogens is 2. The van der Waals surface area contributed by atoms with Gasteiger partial charge in [0, 0.05) is 29.2 Å². The van der Waals surface area contributed by atoms with Crippen molar-refractivity contribution in [2.75, 3.05) is 17.7 Å². The summed E-state index contributed by atoms with van der Waals surface area (Å²) in [4.78, 5) is 25.2. The lowest BCUT2D eigenvalue weighted by Crippen LogP contribution is -2.34. The van der Waals surface area contributed by atoms with Gasteiger partial charge in [-0.15, -0.1) is 11.3 Å². The van der Waals surface area contributed by atoms with Crippen molar-refractivity contribution in [2.24, 2.45) is 0 Å². The summed E-state index contributed by atoms with van der Waals surface area (Å²) in [6.07, 6.45) is 0. The van der Waals surface area contributed by atoms with E-state index in [1.165, 1.54) is 30.3 Å². The number of carbonyl (C=O) groups excluding carboxylic acids is 1. The SMILES string of the molecule is CNc1ccc2c(O)n(-c3ccc(NC(=O)NS(=O)(=O)c4ccc(Cl)s4)cc3F)c(=O)c(C#N)c2c1. The summed E-state index contributed by atoms with van der Waals surface area (Å²) in [5, 5.41) is 25.7. The number of sulfonamides is 1. The molecule has 36 heavy (non-hydrogen) atoms. The maximum absolute atomic E-state index is 15.0. The number of nitriles is 1. The van der Waals surface area contributed by atoms with E-state index in [0.717, 1.165) is 23.5 Å². The molecule has 2 aromatic carbocycles. The molecule has 2 aromatic heterocycles. The van der Waals surface area contributed by atoms with Crippen LogP contribution in [0, 0.1) is 17.1 Å². The average Bonchev–Trinajstić information content (AvgIpc) is 3.27. The Morgan fingerprint density at radius 3 is 2.47 bits per heavy atom. The molecule has 184 valence electrons. The fourth-order valence-electron chi connectivity index (χ4n) is 3.41. The number of thiophene rings is 1. The van der Waals surface area contributed by atoms with Crippen molar-refractivity contribution in [3.63, 3.8) is 0 Å². The van der Waals surface area contributed by atoms with Gasteiger partial charge >= 0.3 is 6.03 Å². The van der Waals surface area contributed by atoms with Gasteiger partial charge in [0.25, 0.3) is 15.6 Å². The van der Waals surface area contributed by atoms with E-state index in [9.17, 15) is 28.4 Å². The smallest absolute Gasteiger partial charge is 0.333 e. The highest BCUT2D eigenvalue weighted by Gasteiger charge is 2.22. The number of nitrogens with zero attached hydrogens (tertiary/aromatic N) is 2. The molecule has 2 heterocycles. The Morgan fingerprint density at radius 2 is 1.86 bits per heavy atom. The molecule has 0 aliphatic heterocycles. The average molecular weight is 548 g/mol. The van der Waals surface area contributed by atoms with Crippen LogP contribution in [0.1, 0.15) is 5.56 Å². The summed E-state index contributed by atoms with van der Waals surface area (Å²) >= 11 is 6.47. The van der Waals surface area contributed by atoms with Gasteiger partial charge in [-0.3, -0.25) is 4.79 Å². The van der Waals surface area contributed by atoms with Gasteiger partial charge in [-0.1, -0.05) is 11.6 Å². The fraction of sp³-hybridized carbons (Fsp3) is 0.0455. The first-order valence-electron chi connectivity index (χ1n) is 9.94. The number of hydrogen-bond donors (Lipinski definition) is 4. The number of aromatic nitrogens is 1. The van der Waals surface area contributed by atoms with Crippen molar-refractivity contribution < 1.29 is 22.7 Å². The minimum absolute atomic E-state index is 0.138. The van der Waals surface area contributed by atoms with Gasteiger partial charge in [0.15, 0.2) is 0 Å². The molecule has 10 nitrogen and oxygen atoms in total. The van der Waals surface area contributed by atoms with Gasteiger partial charge < -0.3 is 15.7 Å². The van der Waals surface area contributed by atoms with Crippen molar-refractivity contribution in [2.45, 2.75) is 4.21 Å². The van der Waals surface area contributed by atoms with E-state index in [4.69, 9.17) is 11.6 Å². The predicted molar refractivity (Wildman–Crippen MR) is 134 cm³/mol. The lowest BCUT2D eigenvalue weighted by Gasteiger charge is -2.15. The molecule has 0 saturated heterocycles. The first-order valence-corrected chi connectivity index (χ1v) is 12.6. The molecule has 0 aliphatic rings. The molecular weight excluding hydrogens is 533 g/mol. The van der Waals surface area contributed by atoms with Gasteiger partial charge in [0.2, 0.25) is 5.88 Å². The van der Waals surface area contributed by atoms with Crippen molar-refractivity contribution in [1.82, 2.24) is 9.29 Å². The van der Waals surface area contributed by atoms with Crippen LogP contribution in [0.15, 0.2) is 57.5 Å². The minimum atomic E-state index is -4.20. The van der Waals surface area contributed by atoms with Crippen LogP contribution in [0.5, 0.6) is 5.88 Å². The molecular formula is C22H15ClFN5O5S2. The van der Waals surface area contributed by atoms with Crippen molar-refractivity contribution >= 4 is 61.1 Å². The van der Waals surface area contributed by atoms with Crippen LogP contribution in [-0.4, -0.2) is 31.2 Å². The number of benzene rings is 2. The normalized spacial score (nSPS) is 11.2. The Hall–Kier alpha value is -4.12. The summed E-state index contributed by atoms with van der Waals surface area (Å²) in [5.41, 5.74) is -1.19. The number of aromatic hydroxyl groups is 1. The molecule has 0 atom stereocenters. The van der Waals surface area contributed by atoms with Crippen molar-refractivity contribution in [3.8, 4) is 17.6 Å². The summed E-state index contributed by atoms with van der Waals surface area (Å²) in [7, 11) is -2.55. The molecule has 0 saturated carbocycles. The summed E-state index contributed by atoms with van der Waals surface area (Å²) in [5.74, 6) is -1.62. The van der Waals surface area contributed by atoms with E-state index in [1.807, 2.05) is 0 Å². The summed E-state index contributed by atoms with van der Waals surface area (Å²) < 4.78 is 42.0. The van der Waals surface area contributed by atoms with Crippen molar-refractivity contribution in [1.29, 1.82) is 5.26 Å². The van der Waals surface area contributed by atoms with E-state index in [1.54, 1.807) is 23.9 Å². The highest BCUT2D eigenvalue weighted by molar-refractivity contribution is 7.92. The zero-order chi connectivity index (χ0) is 26.2. The molecule has 0 aliphatic carbocycles. The van der Waals surface area contributed by atoms with Crippen LogP contribution >= 0.6 is 22.9 Å². The molecule has 0 fully saturated rings. The van der Waals surface area contributed by atoms with Crippen LogP contribution in [0.3, 0.4) is 0 Å². The van der Waals surface area contributed by atoms with Crippen LogP contribution < -0.4 is 20.9 Å². The molecule has 14 heteroatoms. The Kier molecular flexibility index (Phi) is 6.59. The van der Waals surface area contributed by atoms with E-state index in [2.05, 4.69) is 10.6 Å². The number of rotatable bonds is 5. The Labute approximate surface area is 212 Å². The molecule has 0 unspecified atom stereocenters. The molecule has 4 rings (SSSR count). The Bertz CT molecular complexity index is 1740. The quantitative estimate of drug-likeness (QED) is 0.295. The molecule has 0 bridgehead atoms. The summed E-state index contributed by atoms with van der Waals surface area (Å²) in [6.45, 7) is 0. The molecule has 4 aromatic rings. The second kappa shape index (κ2) is 9.50. The number of pyridine rings is 1. The fourth-order valence-corrected chi connectivity index (χ4v) is 5.80. The molecule has 4 N–H and O–H groups in total. The number of fused-ring (bicyclic) bond motifs is 1. The number of amides is 2.